The van der Waals surface area contributed by atoms with E-state index in [1.807, 2.05) is 60.7 Å². The zero-order valence-corrected chi connectivity index (χ0v) is 27.6. The number of rotatable bonds is 6. The third-order valence-corrected chi connectivity index (χ3v) is 13.5. The Morgan fingerprint density at radius 2 is 0.812 bits per heavy atom. The van der Waals surface area contributed by atoms with Crippen LogP contribution < -0.4 is 15.9 Å². The molecular formula is C46H33OP. The quantitative estimate of drug-likeness (QED) is 0.0772. The summed E-state index contributed by atoms with van der Waals surface area (Å²) in [6, 6.07) is 64.0. The maximum absolute atomic E-state index is 15.2. The van der Waals surface area contributed by atoms with E-state index in [1.165, 1.54) is 54.2 Å². The van der Waals surface area contributed by atoms with Crippen molar-refractivity contribution in [1.82, 2.24) is 0 Å². The normalized spacial score (nSPS) is 13.4. The predicted molar refractivity (Wildman–Crippen MR) is 205 cm³/mol. The van der Waals surface area contributed by atoms with Crippen molar-refractivity contribution in [3.63, 3.8) is 0 Å². The van der Waals surface area contributed by atoms with Crippen molar-refractivity contribution >= 4 is 66.1 Å². The third-order valence-electron chi connectivity index (χ3n) is 10.4. The smallest absolute Gasteiger partial charge is 0.171 e. The number of benzene rings is 9. The average Bonchev–Trinajstić information content (AvgIpc) is 3.17. The van der Waals surface area contributed by atoms with Gasteiger partial charge in [-0.2, -0.15) is 0 Å². The molecule has 1 atom stereocenters. The summed E-state index contributed by atoms with van der Waals surface area (Å²) < 4.78 is 15.2. The minimum Gasteiger partial charge on any atom is -0.309 e. The Morgan fingerprint density at radius 1 is 0.375 bits per heavy atom. The molecule has 0 amide bonds. The molecule has 2 heteroatoms. The lowest BCUT2D eigenvalue weighted by Crippen LogP contribution is -2.28. The summed E-state index contributed by atoms with van der Waals surface area (Å²) in [6.45, 7) is 2.33. The molecule has 9 aromatic carbocycles. The highest BCUT2D eigenvalue weighted by atomic mass is 31.2. The fourth-order valence-electron chi connectivity index (χ4n) is 7.94. The van der Waals surface area contributed by atoms with E-state index >= 15 is 4.57 Å². The first-order valence-corrected chi connectivity index (χ1v) is 18.3. The van der Waals surface area contributed by atoms with Crippen LogP contribution in [0.1, 0.15) is 23.6 Å². The molecule has 9 aromatic rings. The lowest BCUT2D eigenvalue weighted by Gasteiger charge is -2.33. The summed E-state index contributed by atoms with van der Waals surface area (Å²) in [5.74, 6) is 0. The summed E-state index contributed by atoms with van der Waals surface area (Å²) >= 11 is 0. The topological polar surface area (TPSA) is 17.1 Å². The zero-order chi connectivity index (χ0) is 32.3. The van der Waals surface area contributed by atoms with Gasteiger partial charge in [-0.05, 0) is 78.8 Å². The molecule has 0 aromatic heterocycles. The minimum absolute atomic E-state index is 0.477. The fourth-order valence-corrected chi connectivity index (χ4v) is 10.6. The van der Waals surface area contributed by atoms with Crippen molar-refractivity contribution in [1.29, 1.82) is 0 Å². The van der Waals surface area contributed by atoms with Crippen LogP contribution in [0.15, 0.2) is 182 Å². The Hall–Kier alpha value is -5.49. The van der Waals surface area contributed by atoms with Gasteiger partial charge in [0.15, 0.2) is 7.14 Å². The van der Waals surface area contributed by atoms with E-state index in [4.69, 9.17) is 0 Å². The van der Waals surface area contributed by atoms with Gasteiger partial charge >= 0.3 is 0 Å². The van der Waals surface area contributed by atoms with Gasteiger partial charge in [-0.25, -0.2) is 0 Å². The highest BCUT2D eigenvalue weighted by Crippen LogP contribution is 2.47. The summed E-state index contributed by atoms with van der Waals surface area (Å²) in [7, 11) is -3.09. The third kappa shape index (κ3) is 4.21. The molecule has 0 aliphatic heterocycles. The highest BCUT2D eigenvalue weighted by molar-refractivity contribution is 7.85. The minimum atomic E-state index is -3.09. The first kappa shape index (κ1) is 28.7. The van der Waals surface area contributed by atoms with E-state index in [-0.39, 0.29) is 0 Å². The molecule has 0 heterocycles. The molecule has 0 spiro atoms. The summed E-state index contributed by atoms with van der Waals surface area (Å²) in [5.41, 5.74) is 3.12. The van der Waals surface area contributed by atoms with Crippen LogP contribution in [0.2, 0.25) is 0 Å². The van der Waals surface area contributed by atoms with E-state index in [9.17, 15) is 0 Å². The summed E-state index contributed by atoms with van der Waals surface area (Å²) in [4.78, 5) is 0. The zero-order valence-electron chi connectivity index (χ0n) is 26.7. The largest absolute Gasteiger partial charge is 0.309 e. The molecule has 0 N–H and O–H groups in total. The van der Waals surface area contributed by atoms with Gasteiger partial charge in [-0.15, -0.1) is 0 Å². The molecule has 0 fully saturated rings. The van der Waals surface area contributed by atoms with E-state index in [0.717, 1.165) is 21.5 Å². The van der Waals surface area contributed by atoms with Crippen LogP contribution in [0.4, 0.5) is 0 Å². The SMILES string of the molecule is CC(c1ccccc1)(c1ccc(P(=O)(c2ccccc2)c2ccccc2)cc1)c1cc2cccc3c4cccc5cccc(c(c1)c23)c54. The maximum atomic E-state index is 15.2. The van der Waals surface area contributed by atoms with E-state index in [0.29, 0.717) is 0 Å². The average molecular weight is 633 g/mol. The van der Waals surface area contributed by atoms with E-state index < -0.39 is 12.6 Å². The lowest BCUT2D eigenvalue weighted by molar-refractivity contribution is 0.592. The van der Waals surface area contributed by atoms with Crippen LogP contribution in [0.5, 0.6) is 0 Å². The van der Waals surface area contributed by atoms with Crippen molar-refractivity contribution in [2.24, 2.45) is 0 Å². The molecule has 0 aliphatic carbocycles. The molecule has 0 radical (unpaired) electrons. The number of hydrogen-bond donors (Lipinski definition) is 0. The van der Waals surface area contributed by atoms with Crippen LogP contribution in [0.3, 0.4) is 0 Å². The molecule has 48 heavy (non-hydrogen) atoms. The fraction of sp³-hybridized carbons (Fsp3) is 0.0435. The Kier molecular flexibility index (Phi) is 6.61. The van der Waals surface area contributed by atoms with Gasteiger partial charge in [0.05, 0.1) is 0 Å². The van der Waals surface area contributed by atoms with Gasteiger partial charge in [-0.1, -0.05) is 170 Å². The lowest BCUT2D eigenvalue weighted by atomic mass is 9.70. The van der Waals surface area contributed by atoms with Crippen LogP contribution in [0.25, 0.3) is 43.1 Å². The van der Waals surface area contributed by atoms with Crippen molar-refractivity contribution in [2.75, 3.05) is 0 Å². The molecule has 0 bridgehead atoms. The van der Waals surface area contributed by atoms with Gasteiger partial charge in [-0.3, -0.25) is 0 Å². The standard InChI is InChI=1S/C46H33OP/c1-46(34-17-5-2-6-18-34,35-26-28-39(29-27-35)48(47,37-19-7-3-8-20-37)38-21-9-4-10-22-38)36-30-33-16-13-24-41-40-23-11-14-32-15-12-25-42(44(32)40)43(31-36)45(33)41/h2-31H,1H3. The molecule has 0 saturated heterocycles. The van der Waals surface area contributed by atoms with Crippen molar-refractivity contribution < 1.29 is 4.57 Å². The molecule has 0 aliphatic rings. The molecule has 1 nitrogen and oxygen atoms in total. The summed E-state index contributed by atoms with van der Waals surface area (Å²) in [6.07, 6.45) is 0. The van der Waals surface area contributed by atoms with Crippen LogP contribution >= 0.6 is 7.14 Å². The predicted octanol–water partition coefficient (Wildman–Crippen LogP) is 10.7. The van der Waals surface area contributed by atoms with Crippen molar-refractivity contribution in [3.05, 3.63) is 199 Å². The van der Waals surface area contributed by atoms with Crippen LogP contribution in [-0.2, 0) is 9.98 Å². The molecule has 1 unspecified atom stereocenters. The first-order chi connectivity index (χ1) is 23.6. The second kappa shape index (κ2) is 11.1. The Bertz CT molecular complexity index is 2580. The van der Waals surface area contributed by atoms with Gasteiger partial charge in [0.2, 0.25) is 0 Å². The van der Waals surface area contributed by atoms with Gasteiger partial charge in [0, 0.05) is 21.3 Å². The summed E-state index contributed by atoms with van der Waals surface area (Å²) in [5, 5.41) is 12.8. The van der Waals surface area contributed by atoms with Crippen molar-refractivity contribution in [3.8, 4) is 0 Å². The molecule has 9 rings (SSSR count). The monoisotopic (exact) mass is 632 g/mol. The Morgan fingerprint density at radius 3 is 1.38 bits per heavy atom. The first-order valence-electron chi connectivity index (χ1n) is 16.5. The second-order valence-electron chi connectivity index (χ2n) is 13.0. The maximum Gasteiger partial charge on any atom is 0.171 e. The Labute approximate surface area is 280 Å². The number of hydrogen-bond acceptors (Lipinski definition) is 1. The Balaban J connectivity index is 1.29. The molecule has 228 valence electrons. The van der Waals surface area contributed by atoms with Crippen molar-refractivity contribution in [2.45, 2.75) is 12.3 Å². The van der Waals surface area contributed by atoms with Crippen LogP contribution in [0, 0.1) is 0 Å². The number of fused-ring (bicyclic) bond motifs is 2. The highest BCUT2D eigenvalue weighted by Gasteiger charge is 2.34. The van der Waals surface area contributed by atoms with E-state index in [1.54, 1.807) is 0 Å². The molecular weight excluding hydrogens is 599 g/mol. The van der Waals surface area contributed by atoms with Crippen LogP contribution in [-0.4, -0.2) is 0 Å². The second-order valence-corrected chi connectivity index (χ2v) is 15.7. The van der Waals surface area contributed by atoms with E-state index in [2.05, 4.69) is 128 Å². The van der Waals surface area contributed by atoms with Gasteiger partial charge in [0.1, 0.15) is 0 Å². The van der Waals surface area contributed by atoms with Gasteiger partial charge in [0.25, 0.3) is 0 Å². The molecule has 0 saturated carbocycles. The van der Waals surface area contributed by atoms with Gasteiger partial charge < -0.3 is 4.57 Å².